The van der Waals surface area contributed by atoms with Crippen molar-refractivity contribution in [2.45, 2.75) is 72.6 Å². The Morgan fingerprint density at radius 3 is 1.90 bits per heavy atom. The first-order valence-corrected chi connectivity index (χ1v) is 16.6. The zero-order chi connectivity index (χ0) is 14.8. The summed E-state index contributed by atoms with van der Waals surface area (Å²) in [6.45, 7) is 6.89. The van der Waals surface area contributed by atoms with Gasteiger partial charge in [-0.3, -0.25) is 0 Å². The molecule has 1 aromatic heterocycles. The van der Waals surface area contributed by atoms with Crippen molar-refractivity contribution >= 4 is 39.6 Å². The Kier molecular flexibility index (Phi) is 9.10. The molecule has 0 fully saturated rings. The van der Waals surface area contributed by atoms with Gasteiger partial charge < -0.3 is 0 Å². The van der Waals surface area contributed by atoms with Crippen molar-refractivity contribution in [3.05, 3.63) is 16.3 Å². The van der Waals surface area contributed by atoms with Crippen LogP contribution in [0.1, 0.15) is 69.0 Å². The molecule has 1 rings (SSSR count). The number of unbranched alkanes of at least 4 members (excludes halogenated alkanes) is 3. The molecule has 1 aromatic rings. The average Bonchev–Trinajstić information content (AvgIpc) is 2.96. The number of thiophene rings is 1. The van der Waals surface area contributed by atoms with Crippen molar-refractivity contribution in [2.24, 2.45) is 0 Å². The molecule has 0 aliphatic rings. The minimum absolute atomic E-state index is 1.06. The summed E-state index contributed by atoms with van der Waals surface area (Å²) in [4.78, 5) is 12.5. The van der Waals surface area contributed by atoms with E-state index in [1.54, 1.807) is 14.9 Å². The molecule has 0 saturated carbocycles. The van der Waals surface area contributed by atoms with Crippen LogP contribution in [0.2, 0.25) is 13.3 Å². The molecule has 0 aromatic carbocycles. The second-order valence-electron chi connectivity index (χ2n) is 5.91. The molecule has 20 heavy (non-hydrogen) atoms. The predicted molar refractivity (Wildman–Crippen MR) is 94.2 cm³/mol. The predicted octanol–water partition coefficient (Wildman–Crippen LogP) is 5.62. The zero-order valence-corrected chi connectivity index (χ0v) is 17.1. The second-order valence-corrected chi connectivity index (χ2v) is 20.0. The molecular formula is C17H30OSSn. The molecule has 0 unspecified atom stereocenters. The van der Waals surface area contributed by atoms with E-state index in [1.807, 2.05) is 0 Å². The van der Waals surface area contributed by atoms with E-state index >= 15 is 0 Å². The van der Waals surface area contributed by atoms with Gasteiger partial charge in [-0.2, -0.15) is 0 Å². The van der Waals surface area contributed by atoms with Gasteiger partial charge in [0.1, 0.15) is 0 Å². The van der Waals surface area contributed by atoms with Gasteiger partial charge in [0.25, 0.3) is 0 Å². The van der Waals surface area contributed by atoms with Gasteiger partial charge in [-0.25, -0.2) is 0 Å². The van der Waals surface area contributed by atoms with Crippen LogP contribution in [0.5, 0.6) is 0 Å². The van der Waals surface area contributed by atoms with Crippen LogP contribution in [-0.2, 0) is 0 Å². The Hall–Kier alpha value is 0.169. The molecule has 1 heterocycles. The van der Waals surface area contributed by atoms with Gasteiger partial charge in [-0.15, -0.1) is 0 Å². The first-order chi connectivity index (χ1) is 9.74. The fraction of sp³-hybridized carbons (Fsp3) is 0.706. The van der Waals surface area contributed by atoms with Crippen LogP contribution in [0, 0.1) is 0 Å². The van der Waals surface area contributed by atoms with Crippen LogP contribution in [0.3, 0.4) is 0 Å². The van der Waals surface area contributed by atoms with Gasteiger partial charge >= 0.3 is 133 Å². The van der Waals surface area contributed by atoms with E-state index < -0.39 is 18.4 Å². The molecule has 0 spiro atoms. The van der Waals surface area contributed by atoms with Gasteiger partial charge in [0.05, 0.1) is 0 Å². The summed E-state index contributed by atoms with van der Waals surface area (Å²) in [5, 5.41) is 2.15. The number of hydrogen-bond donors (Lipinski definition) is 0. The van der Waals surface area contributed by atoms with E-state index in [0.29, 0.717) is 0 Å². The topological polar surface area (TPSA) is 17.1 Å². The van der Waals surface area contributed by atoms with Gasteiger partial charge in [-0.1, -0.05) is 0 Å². The third-order valence-electron chi connectivity index (χ3n) is 4.40. The van der Waals surface area contributed by atoms with E-state index in [0.717, 1.165) is 11.2 Å². The van der Waals surface area contributed by atoms with Gasteiger partial charge in [0.15, 0.2) is 0 Å². The molecule has 114 valence electrons. The number of carbonyl (C=O) groups is 1. The number of aldehydes is 1. The molecule has 0 aliphatic heterocycles. The fourth-order valence-electron chi connectivity index (χ4n) is 3.17. The molecule has 0 amide bonds. The van der Waals surface area contributed by atoms with E-state index in [2.05, 4.69) is 32.2 Å². The van der Waals surface area contributed by atoms with Gasteiger partial charge in [0.2, 0.25) is 0 Å². The second kappa shape index (κ2) is 9.99. The molecule has 0 radical (unpaired) electrons. The number of rotatable bonds is 11. The Morgan fingerprint density at radius 2 is 1.50 bits per heavy atom. The quantitative estimate of drug-likeness (QED) is 0.348. The average molecular weight is 401 g/mol. The van der Waals surface area contributed by atoms with Crippen molar-refractivity contribution < 1.29 is 4.79 Å². The number of hydrogen-bond acceptors (Lipinski definition) is 2. The van der Waals surface area contributed by atoms with E-state index in [1.165, 1.54) is 51.8 Å². The Balaban J connectivity index is 3.07. The molecule has 0 saturated heterocycles. The zero-order valence-electron chi connectivity index (χ0n) is 13.4. The summed E-state index contributed by atoms with van der Waals surface area (Å²) in [5.41, 5.74) is 0. The first-order valence-electron chi connectivity index (χ1n) is 8.27. The number of carbonyl (C=O) groups excluding carboxylic acids is 1. The van der Waals surface area contributed by atoms with Crippen LogP contribution in [0.15, 0.2) is 11.4 Å². The molecule has 0 N–H and O–H groups in total. The fourth-order valence-corrected chi connectivity index (χ4v) is 22.3. The monoisotopic (exact) mass is 402 g/mol. The maximum absolute atomic E-state index is 11.4. The normalized spacial score (nSPS) is 11.8. The maximum atomic E-state index is 11.4. The third kappa shape index (κ3) is 4.87. The molecule has 0 bridgehead atoms. The van der Waals surface area contributed by atoms with Crippen molar-refractivity contribution in [1.82, 2.24) is 0 Å². The summed E-state index contributed by atoms with van der Waals surface area (Å²) in [5.74, 6) is 0. The van der Waals surface area contributed by atoms with E-state index in [4.69, 9.17) is 0 Å². The summed E-state index contributed by atoms with van der Waals surface area (Å²) >= 11 is -0.687. The van der Waals surface area contributed by atoms with E-state index in [9.17, 15) is 4.79 Å². The molecule has 0 aliphatic carbocycles. The molecule has 1 nitrogen and oxygen atoms in total. The minimum atomic E-state index is -2.35. The van der Waals surface area contributed by atoms with Gasteiger partial charge in [0, 0.05) is 0 Å². The summed E-state index contributed by atoms with van der Waals surface area (Å²) in [7, 11) is 0. The van der Waals surface area contributed by atoms with Crippen molar-refractivity contribution in [2.75, 3.05) is 0 Å². The first kappa shape index (κ1) is 18.2. The summed E-state index contributed by atoms with van der Waals surface area (Å²) in [6.07, 6.45) is 9.06. The van der Waals surface area contributed by atoms with Crippen LogP contribution >= 0.6 is 11.3 Å². The standard InChI is InChI=1S/C5H3OS.3C4H9.Sn/c6-4-5-2-1-3-7-5;3*1-3-4-2;/h1,3-4H;3*1,3-4H2,2H3;. The third-order valence-corrected chi connectivity index (χ3v) is 21.5. The van der Waals surface area contributed by atoms with Crippen molar-refractivity contribution in [3.63, 3.8) is 0 Å². The molecule has 3 heteroatoms. The molecular weight excluding hydrogens is 371 g/mol. The Labute approximate surface area is 133 Å². The van der Waals surface area contributed by atoms with Crippen molar-refractivity contribution in [1.29, 1.82) is 0 Å². The van der Waals surface area contributed by atoms with Crippen LogP contribution < -0.4 is 3.58 Å². The molecule has 0 atom stereocenters. The SMILES string of the molecule is CCC[CH2][Sn]([CH2]CCC)([CH2]CCC)[c]1ccsc1C=O. The van der Waals surface area contributed by atoms with Crippen molar-refractivity contribution in [3.8, 4) is 0 Å². The van der Waals surface area contributed by atoms with E-state index in [-0.39, 0.29) is 0 Å². The Morgan fingerprint density at radius 1 is 1.00 bits per heavy atom. The Bertz CT molecular complexity index is 364. The summed E-state index contributed by atoms with van der Waals surface area (Å²) < 4.78 is 5.89. The van der Waals surface area contributed by atoms with Crippen LogP contribution in [-0.4, -0.2) is 24.7 Å². The van der Waals surface area contributed by atoms with Gasteiger partial charge in [-0.05, 0) is 0 Å². The van der Waals surface area contributed by atoms with Crippen LogP contribution in [0.25, 0.3) is 0 Å². The van der Waals surface area contributed by atoms with Crippen LogP contribution in [0.4, 0.5) is 0 Å². The summed E-state index contributed by atoms with van der Waals surface area (Å²) in [6, 6.07) is 2.31.